The van der Waals surface area contributed by atoms with E-state index in [9.17, 15) is 4.39 Å². The zero-order valence-electron chi connectivity index (χ0n) is 8.82. The monoisotopic (exact) mass is 252 g/mol. The quantitative estimate of drug-likeness (QED) is 0.824. The van der Waals surface area contributed by atoms with Crippen LogP contribution in [0.3, 0.4) is 0 Å². The number of hydrogen-bond acceptors (Lipinski definition) is 4. The minimum atomic E-state index is -0.273. The van der Waals surface area contributed by atoms with Crippen molar-refractivity contribution in [2.24, 2.45) is 0 Å². The first-order valence-corrected chi connectivity index (χ1v) is 5.29. The molecule has 0 saturated heterocycles. The number of nitrogens with one attached hydrogen (secondary N) is 1. The number of nitrogens with zero attached hydrogens (tertiary/aromatic N) is 2. The largest absolute Gasteiger partial charge is 0.379 e. The average molecular weight is 253 g/mol. The van der Waals surface area contributed by atoms with Crippen molar-refractivity contribution < 1.29 is 4.39 Å². The molecule has 0 bridgehead atoms. The molecule has 0 saturated carbocycles. The Morgan fingerprint density at radius 3 is 2.59 bits per heavy atom. The average Bonchev–Trinajstić information content (AvgIpc) is 2.27. The van der Waals surface area contributed by atoms with Crippen molar-refractivity contribution in [2.45, 2.75) is 6.54 Å². The van der Waals surface area contributed by atoms with Gasteiger partial charge in [0.1, 0.15) is 11.0 Å². The zero-order chi connectivity index (χ0) is 12.3. The summed E-state index contributed by atoms with van der Waals surface area (Å²) in [6, 6.07) is 7.66. The first kappa shape index (κ1) is 11.6. The van der Waals surface area contributed by atoms with Crippen molar-refractivity contribution in [3.8, 4) is 0 Å². The van der Waals surface area contributed by atoms with Crippen molar-refractivity contribution >= 4 is 23.2 Å². The SMILES string of the molecule is Nc1nc(Cl)cc(CNc2ccc(F)cc2)n1. The summed E-state index contributed by atoms with van der Waals surface area (Å²) in [7, 11) is 0. The molecule has 1 aromatic heterocycles. The van der Waals surface area contributed by atoms with Crippen LogP contribution >= 0.6 is 11.6 Å². The number of benzene rings is 1. The normalized spacial score (nSPS) is 10.2. The van der Waals surface area contributed by atoms with E-state index in [1.807, 2.05) is 0 Å². The summed E-state index contributed by atoms with van der Waals surface area (Å²) >= 11 is 5.74. The molecule has 1 aromatic carbocycles. The van der Waals surface area contributed by atoms with Crippen LogP contribution in [0.15, 0.2) is 30.3 Å². The summed E-state index contributed by atoms with van der Waals surface area (Å²) < 4.78 is 12.7. The summed E-state index contributed by atoms with van der Waals surface area (Å²) in [5, 5.41) is 3.37. The molecule has 0 aliphatic rings. The standard InChI is InChI=1S/C11H10ClFN4/c12-10-5-9(16-11(14)17-10)6-15-8-3-1-7(13)2-4-8/h1-5,15H,6H2,(H2,14,16,17). The number of rotatable bonds is 3. The minimum absolute atomic E-state index is 0.133. The molecular formula is C11H10ClFN4. The van der Waals surface area contributed by atoms with Crippen LogP contribution in [-0.2, 0) is 6.54 Å². The van der Waals surface area contributed by atoms with Gasteiger partial charge in [0.25, 0.3) is 0 Å². The molecule has 0 radical (unpaired) electrons. The molecule has 0 unspecified atom stereocenters. The molecule has 3 N–H and O–H groups in total. The van der Waals surface area contributed by atoms with E-state index in [0.717, 1.165) is 5.69 Å². The molecular weight excluding hydrogens is 243 g/mol. The van der Waals surface area contributed by atoms with Gasteiger partial charge in [-0.1, -0.05) is 11.6 Å². The Morgan fingerprint density at radius 2 is 1.94 bits per heavy atom. The van der Waals surface area contributed by atoms with E-state index >= 15 is 0 Å². The molecule has 0 aliphatic carbocycles. The summed E-state index contributed by atoms with van der Waals surface area (Å²) in [5.74, 6) is -0.140. The number of nitrogens with two attached hydrogens (primary N) is 1. The van der Waals surface area contributed by atoms with Gasteiger partial charge in [-0.25, -0.2) is 14.4 Å². The van der Waals surface area contributed by atoms with Crippen molar-refractivity contribution in [1.29, 1.82) is 0 Å². The first-order valence-electron chi connectivity index (χ1n) is 4.92. The lowest BCUT2D eigenvalue weighted by molar-refractivity contribution is 0.628. The lowest BCUT2D eigenvalue weighted by atomic mass is 10.3. The highest BCUT2D eigenvalue weighted by atomic mass is 35.5. The second-order valence-corrected chi connectivity index (χ2v) is 3.79. The highest BCUT2D eigenvalue weighted by molar-refractivity contribution is 6.29. The van der Waals surface area contributed by atoms with Crippen LogP contribution < -0.4 is 11.1 Å². The minimum Gasteiger partial charge on any atom is -0.379 e. The molecule has 88 valence electrons. The van der Waals surface area contributed by atoms with E-state index < -0.39 is 0 Å². The van der Waals surface area contributed by atoms with Crippen LogP contribution in [0.1, 0.15) is 5.69 Å². The summed E-state index contributed by atoms with van der Waals surface area (Å²) in [6.07, 6.45) is 0. The van der Waals surface area contributed by atoms with Crippen LogP contribution in [0.5, 0.6) is 0 Å². The van der Waals surface area contributed by atoms with Crippen molar-refractivity contribution in [1.82, 2.24) is 9.97 Å². The van der Waals surface area contributed by atoms with Gasteiger partial charge >= 0.3 is 0 Å². The van der Waals surface area contributed by atoms with Crippen LogP contribution in [-0.4, -0.2) is 9.97 Å². The maximum Gasteiger partial charge on any atom is 0.221 e. The predicted molar refractivity (Wildman–Crippen MR) is 65.2 cm³/mol. The van der Waals surface area contributed by atoms with E-state index in [2.05, 4.69) is 15.3 Å². The fraction of sp³-hybridized carbons (Fsp3) is 0.0909. The maximum absolute atomic E-state index is 12.7. The van der Waals surface area contributed by atoms with Gasteiger partial charge in [-0.15, -0.1) is 0 Å². The Hall–Kier alpha value is -1.88. The molecule has 1 heterocycles. The molecule has 4 nitrogen and oxygen atoms in total. The third-order valence-corrected chi connectivity index (χ3v) is 2.28. The van der Waals surface area contributed by atoms with Crippen LogP contribution in [0.2, 0.25) is 5.15 Å². The number of anilines is 2. The third-order valence-electron chi connectivity index (χ3n) is 2.08. The topological polar surface area (TPSA) is 63.8 Å². The van der Waals surface area contributed by atoms with Crippen LogP contribution in [0, 0.1) is 5.82 Å². The van der Waals surface area contributed by atoms with Gasteiger partial charge in [0.05, 0.1) is 12.2 Å². The predicted octanol–water partition coefficient (Wildman–Crippen LogP) is 2.46. The number of aromatic nitrogens is 2. The van der Waals surface area contributed by atoms with Gasteiger partial charge in [0.2, 0.25) is 5.95 Å². The molecule has 0 atom stereocenters. The van der Waals surface area contributed by atoms with E-state index in [1.165, 1.54) is 12.1 Å². The van der Waals surface area contributed by atoms with Crippen molar-refractivity contribution in [3.63, 3.8) is 0 Å². The molecule has 2 aromatic rings. The molecule has 0 amide bonds. The third kappa shape index (κ3) is 3.29. The Kier molecular flexibility index (Phi) is 3.39. The summed E-state index contributed by atoms with van der Waals surface area (Å²) in [6.45, 7) is 0.443. The van der Waals surface area contributed by atoms with Crippen LogP contribution in [0.4, 0.5) is 16.0 Å². The fourth-order valence-corrected chi connectivity index (χ4v) is 1.55. The molecule has 2 rings (SSSR count). The highest BCUT2D eigenvalue weighted by Crippen LogP contribution is 2.12. The fourth-order valence-electron chi connectivity index (χ4n) is 1.33. The second kappa shape index (κ2) is 4.97. The number of hydrogen-bond donors (Lipinski definition) is 2. The van der Waals surface area contributed by atoms with Gasteiger partial charge < -0.3 is 11.1 Å². The van der Waals surface area contributed by atoms with E-state index in [0.29, 0.717) is 17.4 Å². The lowest BCUT2D eigenvalue weighted by Gasteiger charge is -2.06. The lowest BCUT2D eigenvalue weighted by Crippen LogP contribution is -2.05. The van der Waals surface area contributed by atoms with Gasteiger partial charge in [0.15, 0.2) is 0 Å². The summed E-state index contributed by atoms with van der Waals surface area (Å²) in [5.41, 5.74) is 6.93. The first-order chi connectivity index (χ1) is 8.13. The Balaban J connectivity index is 2.04. The number of nitrogen functional groups attached to an aromatic ring is 1. The van der Waals surface area contributed by atoms with E-state index in [-0.39, 0.29) is 11.8 Å². The molecule has 0 spiro atoms. The maximum atomic E-state index is 12.7. The number of halogens is 2. The molecule has 17 heavy (non-hydrogen) atoms. The Bertz CT molecular complexity index is 495. The van der Waals surface area contributed by atoms with Gasteiger partial charge in [-0.05, 0) is 30.3 Å². The van der Waals surface area contributed by atoms with Gasteiger partial charge in [-0.3, -0.25) is 0 Å². The smallest absolute Gasteiger partial charge is 0.221 e. The molecule has 6 heteroatoms. The van der Waals surface area contributed by atoms with E-state index in [4.69, 9.17) is 17.3 Å². The van der Waals surface area contributed by atoms with Crippen molar-refractivity contribution in [3.05, 3.63) is 47.0 Å². The van der Waals surface area contributed by atoms with Crippen molar-refractivity contribution in [2.75, 3.05) is 11.1 Å². The van der Waals surface area contributed by atoms with Gasteiger partial charge in [-0.2, -0.15) is 0 Å². The molecule has 0 aliphatic heterocycles. The van der Waals surface area contributed by atoms with Gasteiger partial charge in [0, 0.05) is 5.69 Å². The zero-order valence-corrected chi connectivity index (χ0v) is 9.58. The highest BCUT2D eigenvalue weighted by Gasteiger charge is 2.00. The molecule has 0 fully saturated rings. The second-order valence-electron chi connectivity index (χ2n) is 3.40. The van der Waals surface area contributed by atoms with E-state index in [1.54, 1.807) is 18.2 Å². The van der Waals surface area contributed by atoms with Crippen LogP contribution in [0.25, 0.3) is 0 Å². The Morgan fingerprint density at radius 1 is 1.24 bits per heavy atom. The summed E-state index contributed by atoms with van der Waals surface area (Å²) in [4.78, 5) is 7.77. The Labute approximate surface area is 103 Å².